The van der Waals surface area contributed by atoms with Crippen molar-refractivity contribution in [3.63, 3.8) is 0 Å². The second kappa shape index (κ2) is 5.54. The third kappa shape index (κ3) is 3.70. The Kier molecular flexibility index (Phi) is 4.32. The summed E-state index contributed by atoms with van der Waals surface area (Å²) in [6.07, 6.45) is 0.897. The number of carboxylic acid groups (broad SMARTS) is 1. The maximum atomic E-state index is 10.2. The van der Waals surface area contributed by atoms with E-state index in [0.717, 1.165) is 16.3 Å². The molecule has 0 aliphatic heterocycles. The molecule has 0 aromatic heterocycles. The van der Waals surface area contributed by atoms with E-state index in [0.29, 0.717) is 6.42 Å². The number of para-hydroxylation sites is 1. The van der Waals surface area contributed by atoms with E-state index >= 15 is 0 Å². The van der Waals surface area contributed by atoms with Gasteiger partial charge in [0.25, 0.3) is 0 Å². The molecule has 0 aliphatic carbocycles. The molecule has 0 fully saturated rings. The van der Waals surface area contributed by atoms with Crippen LogP contribution in [0.4, 0.5) is 5.69 Å². The molecule has 0 heterocycles. The highest BCUT2D eigenvalue weighted by Gasteiger charge is 2.00. The molecule has 1 rings (SSSR count). The summed E-state index contributed by atoms with van der Waals surface area (Å²) in [7, 11) is 0. The molecule has 1 aromatic carbocycles. The van der Waals surface area contributed by atoms with Crippen LogP contribution in [0, 0.1) is 0 Å². The van der Waals surface area contributed by atoms with Gasteiger partial charge in [0.2, 0.25) is 0 Å². The Balaban J connectivity index is 2.31. The van der Waals surface area contributed by atoms with Gasteiger partial charge in [0.05, 0.1) is 0 Å². The van der Waals surface area contributed by atoms with E-state index in [1.165, 1.54) is 0 Å². The van der Waals surface area contributed by atoms with Crippen molar-refractivity contribution < 1.29 is 9.90 Å². The van der Waals surface area contributed by atoms with Crippen LogP contribution in [0.5, 0.6) is 0 Å². The second-order valence-corrected chi connectivity index (χ2v) is 4.02. The quantitative estimate of drug-likeness (QED) is 0.445. The Labute approximate surface area is 87.3 Å². The van der Waals surface area contributed by atoms with Crippen LogP contribution < -0.4 is 5.73 Å². The third-order valence-corrected chi connectivity index (χ3v) is 2.89. The first-order valence-corrected chi connectivity index (χ1v) is 5.38. The Morgan fingerprint density at radius 2 is 2.14 bits per heavy atom. The van der Waals surface area contributed by atoms with E-state index in [-0.39, 0.29) is 6.42 Å². The summed E-state index contributed by atoms with van der Waals surface area (Å²) in [4.78, 5) is 11.3. The lowest BCUT2D eigenvalue weighted by atomic mass is 10.3. The minimum atomic E-state index is -0.744. The fourth-order valence-corrected chi connectivity index (χ4v) is 1.94. The number of nitrogens with two attached hydrogens (primary N) is 1. The van der Waals surface area contributed by atoms with Crippen molar-refractivity contribution in [1.82, 2.24) is 0 Å². The van der Waals surface area contributed by atoms with Gasteiger partial charge in [-0.25, -0.2) is 0 Å². The monoisotopic (exact) mass is 211 g/mol. The molecule has 0 spiro atoms. The van der Waals surface area contributed by atoms with Gasteiger partial charge < -0.3 is 10.8 Å². The number of carbonyl (C=O) groups is 1. The van der Waals surface area contributed by atoms with Crippen LogP contribution in [0.25, 0.3) is 0 Å². The maximum Gasteiger partial charge on any atom is 0.303 e. The van der Waals surface area contributed by atoms with E-state index in [2.05, 4.69) is 0 Å². The summed E-state index contributed by atoms with van der Waals surface area (Å²) in [5.41, 5.74) is 6.48. The Morgan fingerprint density at radius 3 is 2.79 bits per heavy atom. The zero-order valence-electron chi connectivity index (χ0n) is 7.77. The lowest BCUT2D eigenvalue weighted by Crippen LogP contribution is -1.95. The molecule has 0 amide bonds. The van der Waals surface area contributed by atoms with Gasteiger partial charge in [-0.05, 0) is 24.3 Å². The number of benzene rings is 1. The van der Waals surface area contributed by atoms with E-state index in [9.17, 15) is 4.79 Å². The fourth-order valence-electron chi connectivity index (χ4n) is 1.02. The van der Waals surface area contributed by atoms with E-state index in [1.807, 2.05) is 24.3 Å². The highest BCUT2D eigenvalue weighted by atomic mass is 32.2. The molecule has 1 aromatic rings. The first-order chi connectivity index (χ1) is 6.70. The van der Waals surface area contributed by atoms with Gasteiger partial charge in [0.1, 0.15) is 0 Å². The summed E-state index contributed by atoms with van der Waals surface area (Å²) in [6, 6.07) is 7.60. The number of rotatable bonds is 5. The zero-order valence-corrected chi connectivity index (χ0v) is 8.59. The summed E-state index contributed by atoms with van der Waals surface area (Å²) in [5, 5.41) is 8.43. The Hall–Kier alpha value is -1.16. The van der Waals surface area contributed by atoms with Crippen molar-refractivity contribution >= 4 is 23.4 Å². The van der Waals surface area contributed by atoms with Crippen LogP contribution in [-0.4, -0.2) is 16.8 Å². The van der Waals surface area contributed by atoms with E-state index in [1.54, 1.807) is 11.8 Å². The number of carboxylic acids is 1. The van der Waals surface area contributed by atoms with Crippen LogP contribution in [0.3, 0.4) is 0 Å². The third-order valence-electron chi connectivity index (χ3n) is 1.71. The topological polar surface area (TPSA) is 63.3 Å². The first-order valence-electron chi connectivity index (χ1n) is 4.39. The average Bonchev–Trinajstić information content (AvgIpc) is 2.15. The normalized spacial score (nSPS) is 10.0. The predicted molar refractivity (Wildman–Crippen MR) is 58.4 cm³/mol. The highest BCUT2D eigenvalue weighted by Crippen LogP contribution is 2.24. The van der Waals surface area contributed by atoms with Crippen LogP contribution >= 0.6 is 11.8 Å². The number of aliphatic carboxylic acids is 1. The molecular weight excluding hydrogens is 198 g/mol. The molecule has 0 unspecified atom stereocenters. The molecule has 0 saturated heterocycles. The van der Waals surface area contributed by atoms with Crippen LogP contribution in [-0.2, 0) is 4.79 Å². The first kappa shape index (κ1) is 10.9. The van der Waals surface area contributed by atoms with Crippen molar-refractivity contribution in [3.8, 4) is 0 Å². The van der Waals surface area contributed by atoms with Gasteiger partial charge in [0.15, 0.2) is 0 Å². The van der Waals surface area contributed by atoms with Crippen molar-refractivity contribution in [2.75, 3.05) is 11.5 Å². The second-order valence-electron chi connectivity index (χ2n) is 2.88. The molecular formula is C10H13NO2S. The molecule has 14 heavy (non-hydrogen) atoms. The smallest absolute Gasteiger partial charge is 0.303 e. The van der Waals surface area contributed by atoms with E-state index < -0.39 is 5.97 Å². The SMILES string of the molecule is Nc1ccccc1SCCCC(=O)O. The predicted octanol–water partition coefficient (Wildman–Crippen LogP) is 2.23. The minimum Gasteiger partial charge on any atom is -0.481 e. The number of hydrogen-bond donors (Lipinski definition) is 2. The molecule has 76 valence electrons. The number of hydrogen-bond acceptors (Lipinski definition) is 3. The van der Waals surface area contributed by atoms with Gasteiger partial charge in [0, 0.05) is 17.0 Å². The summed E-state index contributed by atoms with van der Waals surface area (Å²) in [6.45, 7) is 0. The molecule has 0 saturated carbocycles. The molecule has 3 nitrogen and oxygen atoms in total. The van der Waals surface area contributed by atoms with Gasteiger partial charge >= 0.3 is 5.97 Å². The van der Waals surface area contributed by atoms with Crippen molar-refractivity contribution in [2.45, 2.75) is 17.7 Å². The molecule has 0 bridgehead atoms. The largest absolute Gasteiger partial charge is 0.481 e. The lowest BCUT2D eigenvalue weighted by Gasteiger charge is -2.03. The average molecular weight is 211 g/mol. The van der Waals surface area contributed by atoms with Crippen LogP contribution in [0.15, 0.2) is 29.2 Å². The van der Waals surface area contributed by atoms with Gasteiger partial charge in [-0.1, -0.05) is 12.1 Å². The zero-order chi connectivity index (χ0) is 10.4. The highest BCUT2D eigenvalue weighted by molar-refractivity contribution is 7.99. The standard InChI is InChI=1S/C10H13NO2S/c11-8-4-1-2-5-9(8)14-7-3-6-10(12)13/h1-2,4-5H,3,6-7,11H2,(H,12,13). The summed E-state index contributed by atoms with van der Waals surface area (Å²) in [5.74, 6) is 0.0483. The van der Waals surface area contributed by atoms with Crippen molar-refractivity contribution in [3.05, 3.63) is 24.3 Å². The summed E-state index contributed by atoms with van der Waals surface area (Å²) < 4.78 is 0. The molecule has 4 heteroatoms. The number of thioether (sulfide) groups is 1. The van der Waals surface area contributed by atoms with Crippen LogP contribution in [0.2, 0.25) is 0 Å². The Bertz CT molecular complexity index is 315. The lowest BCUT2D eigenvalue weighted by molar-refractivity contribution is -0.137. The molecule has 3 N–H and O–H groups in total. The van der Waals surface area contributed by atoms with Gasteiger partial charge in [-0.15, -0.1) is 11.8 Å². The summed E-state index contributed by atoms with van der Waals surface area (Å²) >= 11 is 1.60. The van der Waals surface area contributed by atoms with Gasteiger partial charge in [-0.3, -0.25) is 4.79 Å². The minimum absolute atomic E-state index is 0.222. The Morgan fingerprint density at radius 1 is 1.43 bits per heavy atom. The maximum absolute atomic E-state index is 10.2. The fraction of sp³-hybridized carbons (Fsp3) is 0.300. The van der Waals surface area contributed by atoms with Gasteiger partial charge in [-0.2, -0.15) is 0 Å². The molecule has 0 aliphatic rings. The van der Waals surface area contributed by atoms with E-state index in [4.69, 9.17) is 10.8 Å². The van der Waals surface area contributed by atoms with Crippen LogP contribution in [0.1, 0.15) is 12.8 Å². The van der Waals surface area contributed by atoms with Crippen molar-refractivity contribution in [2.24, 2.45) is 0 Å². The molecule has 0 radical (unpaired) electrons. The number of anilines is 1. The van der Waals surface area contributed by atoms with Crippen molar-refractivity contribution in [1.29, 1.82) is 0 Å². The number of nitrogen functional groups attached to an aromatic ring is 1. The molecule has 0 atom stereocenters.